The molecule has 6 heteroatoms. The summed E-state index contributed by atoms with van der Waals surface area (Å²) in [6, 6.07) is 12.6. The van der Waals surface area contributed by atoms with E-state index in [2.05, 4.69) is 12.1 Å². The molecule has 7 rings (SSSR count). The van der Waals surface area contributed by atoms with Gasteiger partial charge in [-0.25, -0.2) is 4.39 Å². The summed E-state index contributed by atoms with van der Waals surface area (Å²) >= 11 is 7.17. The number of nitrogens with zero attached hydrogens (tertiary/aromatic N) is 1. The van der Waals surface area contributed by atoms with Crippen molar-refractivity contribution in [1.29, 1.82) is 0 Å². The molecule has 0 radical (unpaired) electrons. The molecular weight excluding hydrogens is 441 g/mol. The van der Waals surface area contributed by atoms with Gasteiger partial charge in [-0.15, -0.1) is 0 Å². The Kier molecular flexibility index (Phi) is 4.88. The van der Waals surface area contributed by atoms with Crippen LogP contribution in [0.4, 0.5) is 4.39 Å². The largest absolute Gasteiger partial charge is 0.505 e. The Bertz CT molecular complexity index is 1070. The van der Waals surface area contributed by atoms with Crippen LogP contribution in [0.1, 0.15) is 50.1 Å². The van der Waals surface area contributed by atoms with Gasteiger partial charge in [-0.1, -0.05) is 48.2 Å². The lowest BCUT2D eigenvalue weighted by molar-refractivity contribution is -0.135. The lowest BCUT2D eigenvalue weighted by atomic mass is 9.47. The highest BCUT2D eigenvalue weighted by Gasteiger charge is 2.57. The standard InChI is InChI=1S/C26H26FNO2S2/c27-21-10-19(4-5-22(21)29)18-2-1-3-20(9-18)24(28-23(30)14-32-25(28)31)26-11-15-6-16(12-26)8-17(7-15)13-26/h1-5,9-10,15-17,24,29H,6-8,11-14H2. The molecule has 2 aromatic rings. The third kappa shape index (κ3) is 3.29. The normalized spacial score (nSPS) is 32.0. The van der Waals surface area contributed by atoms with Gasteiger partial charge in [0.05, 0.1) is 11.8 Å². The van der Waals surface area contributed by atoms with Crippen LogP contribution in [0, 0.1) is 29.0 Å². The number of phenolic OH excluding ortho intramolecular Hbond substituents is 1. The van der Waals surface area contributed by atoms with Gasteiger partial charge in [-0.3, -0.25) is 9.69 Å². The molecule has 5 fully saturated rings. The molecule has 1 unspecified atom stereocenters. The zero-order chi connectivity index (χ0) is 22.0. The molecule has 1 heterocycles. The quantitative estimate of drug-likeness (QED) is 0.535. The summed E-state index contributed by atoms with van der Waals surface area (Å²) in [5.74, 6) is 1.84. The van der Waals surface area contributed by atoms with Crippen LogP contribution >= 0.6 is 24.0 Å². The highest BCUT2D eigenvalue weighted by atomic mass is 32.2. The van der Waals surface area contributed by atoms with Gasteiger partial charge in [0.1, 0.15) is 4.32 Å². The molecule has 5 aliphatic rings. The van der Waals surface area contributed by atoms with Crippen molar-refractivity contribution < 1.29 is 14.3 Å². The topological polar surface area (TPSA) is 40.5 Å². The lowest BCUT2D eigenvalue weighted by Gasteiger charge is -2.60. The van der Waals surface area contributed by atoms with Crippen LogP contribution < -0.4 is 0 Å². The minimum atomic E-state index is -0.627. The molecule has 1 N–H and O–H groups in total. The van der Waals surface area contributed by atoms with Crippen LogP contribution in [0.15, 0.2) is 42.5 Å². The summed E-state index contributed by atoms with van der Waals surface area (Å²) in [7, 11) is 0. The second-order valence-corrected chi connectivity index (χ2v) is 11.9. The maximum atomic E-state index is 14.1. The molecular formula is C26H26FNO2S2. The van der Waals surface area contributed by atoms with Crippen LogP contribution in [0.25, 0.3) is 11.1 Å². The number of thiocarbonyl (C=S) groups is 1. The Balaban J connectivity index is 1.46. The van der Waals surface area contributed by atoms with E-state index in [0.29, 0.717) is 10.1 Å². The summed E-state index contributed by atoms with van der Waals surface area (Å²) in [6.07, 6.45) is 7.51. The number of benzene rings is 2. The summed E-state index contributed by atoms with van der Waals surface area (Å²) in [5.41, 5.74) is 2.77. The molecule has 2 aromatic carbocycles. The molecule has 4 saturated carbocycles. The molecule has 4 aliphatic carbocycles. The van der Waals surface area contributed by atoms with Crippen molar-refractivity contribution in [2.45, 2.75) is 44.6 Å². The van der Waals surface area contributed by atoms with Crippen LogP contribution in [-0.2, 0) is 4.79 Å². The monoisotopic (exact) mass is 467 g/mol. The van der Waals surface area contributed by atoms with Crippen molar-refractivity contribution in [3.05, 3.63) is 53.8 Å². The van der Waals surface area contributed by atoms with Crippen molar-refractivity contribution in [1.82, 2.24) is 4.90 Å². The zero-order valence-corrected chi connectivity index (χ0v) is 19.4. The smallest absolute Gasteiger partial charge is 0.239 e. The van der Waals surface area contributed by atoms with Crippen LogP contribution in [0.5, 0.6) is 5.75 Å². The fourth-order valence-electron chi connectivity index (χ4n) is 7.48. The molecule has 1 amide bonds. The summed E-state index contributed by atoms with van der Waals surface area (Å²) in [5, 5.41) is 9.60. The number of carbonyl (C=O) groups excluding carboxylic acids is 1. The number of thioether (sulfide) groups is 1. The van der Waals surface area contributed by atoms with Crippen molar-refractivity contribution in [3.8, 4) is 16.9 Å². The molecule has 1 saturated heterocycles. The first kappa shape index (κ1) is 20.7. The molecule has 1 aliphatic heterocycles. The number of carbonyl (C=O) groups is 1. The van der Waals surface area contributed by atoms with E-state index < -0.39 is 5.82 Å². The van der Waals surface area contributed by atoms with E-state index in [1.807, 2.05) is 17.0 Å². The van der Waals surface area contributed by atoms with E-state index >= 15 is 0 Å². The summed E-state index contributed by atoms with van der Waals surface area (Å²) in [6.45, 7) is 0. The van der Waals surface area contributed by atoms with E-state index in [9.17, 15) is 14.3 Å². The van der Waals surface area contributed by atoms with E-state index in [1.54, 1.807) is 6.07 Å². The lowest BCUT2D eigenvalue weighted by Crippen LogP contribution is -2.53. The van der Waals surface area contributed by atoms with Gasteiger partial charge in [-0.2, -0.15) is 0 Å². The Morgan fingerprint density at radius 3 is 2.28 bits per heavy atom. The van der Waals surface area contributed by atoms with E-state index in [-0.39, 0.29) is 23.1 Å². The average Bonchev–Trinajstić information content (AvgIpc) is 3.08. The Hall–Kier alpha value is -1.92. The Morgan fingerprint density at radius 2 is 1.69 bits per heavy atom. The van der Waals surface area contributed by atoms with Crippen molar-refractivity contribution >= 4 is 34.2 Å². The van der Waals surface area contributed by atoms with Gasteiger partial charge in [0.2, 0.25) is 5.91 Å². The zero-order valence-electron chi connectivity index (χ0n) is 17.8. The van der Waals surface area contributed by atoms with E-state index in [1.165, 1.54) is 62.4 Å². The van der Waals surface area contributed by atoms with Gasteiger partial charge in [0, 0.05) is 0 Å². The molecule has 32 heavy (non-hydrogen) atoms. The fourth-order valence-corrected chi connectivity index (χ4v) is 8.59. The molecule has 0 spiro atoms. The first-order valence-corrected chi connectivity index (χ1v) is 12.9. The Labute approximate surface area is 197 Å². The van der Waals surface area contributed by atoms with Crippen LogP contribution in [0.3, 0.4) is 0 Å². The Morgan fingerprint density at radius 1 is 1.03 bits per heavy atom. The van der Waals surface area contributed by atoms with Crippen molar-refractivity contribution in [3.63, 3.8) is 0 Å². The van der Waals surface area contributed by atoms with E-state index in [0.717, 1.165) is 34.4 Å². The van der Waals surface area contributed by atoms with Crippen LogP contribution in [0.2, 0.25) is 0 Å². The highest BCUT2D eigenvalue weighted by molar-refractivity contribution is 8.23. The second kappa shape index (κ2) is 7.56. The minimum absolute atomic E-state index is 0.0622. The van der Waals surface area contributed by atoms with Crippen molar-refractivity contribution in [2.24, 2.45) is 23.2 Å². The maximum absolute atomic E-state index is 14.1. The molecule has 1 atom stereocenters. The van der Waals surface area contributed by atoms with Gasteiger partial charge in [0.25, 0.3) is 0 Å². The first-order chi connectivity index (χ1) is 15.4. The summed E-state index contributed by atoms with van der Waals surface area (Å²) < 4.78 is 14.7. The van der Waals surface area contributed by atoms with Gasteiger partial charge in [-0.05, 0) is 96.6 Å². The molecule has 4 bridgehead atoms. The SMILES string of the molecule is O=C1CSC(=S)N1C(c1cccc(-c2ccc(O)c(F)c2)c1)C12CC3CC(CC(C3)C1)C2. The number of halogens is 1. The minimum Gasteiger partial charge on any atom is -0.505 e. The van der Waals surface area contributed by atoms with Crippen molar-refractivity contribution in [2.75, 3.05) is 5.75 Å². The van der Waals surface area contributed by atoms with Gasteiger partial charge >= 0.3 is 0 Å². The third-order valence-corrected chi connectivity index (χ3v) is 9.58. The van der Waals surface area contributed by atoms with Gasteiger partial charge < -0.3 is 5.11 Å². The highest BCUT2D eigenvalue weighted by Crippen LogP contribution is 2.65. The van der Waals surface area contributed by atoms with E-state index in [4.69, 9.17) is 12.2 Å². The first-order valence-electron chi connectivity index (χ1n) is 11.5. The number of amides is 1. The predicted molar refractivity (Wildman–Crippen MR) is 129 cm³/mol. The molecule has 0 aromatic heterocycles. The fraction of sp³-hybridized carbons (Fsp3) is 0.462. The number of hydrogen-bond acceptors (Lipinski definition) is 4. The number of hydrogen-bond donors (Lipinski definition) is 1. The maximum Gasteiger partial charge on any atom is 0.239 e. The van der Waals surface area contributed by atoms with Gasteiger partial charge in [0.15, 0.2) is 11.6 Å². The summed E-state index contributed by atoms with van der Waals surface area (Å²) in [4.78, 5) is 15.0. The second-order valence-electron chi connectivity index (χ2n) is 10.3. The number of phenols is 1. The van der Waals surface area contributed by atoms with Crippen LogP contribution in [-0.4, -0.2) is 26.0 Å². The molecule has 3 nitrogen and oxygen atoms in total. The average molecular weight is 468 g/mol. The molecule has 166 valence electrons. The third-order valence-electron chi connectivity index (χ3n) is 8.19. The number of aromatic hydroxyl groups is 1. The predicted octanol–water partition coefficient (Wildman–Crippen LogP) is 6.32. The number of rotatable bonds is 4.